The van der Waals surface area contributed by atoms with Crippen molar-refractivity contribution in [1.82, 2.24) is 0 Å². The van der Waals surface area contributed by atoms with E-state index in [1.807, 2.05) is 0 Å². The van der Waals surface area contributed by atoms with E-state index in [-0.39, 0.29) is 12.8 Å². The van der Waals surface area contributed by atoms with E-state index in [0.717, 1.165) is 0 Å². The van der Waals surface area contributed by atoms with Gasteiger partial charge in [-0.1, -0.05) is 32.1 Å². The Bertz CT molecular complexity index is 271. The summed E-state index contributed by atoms with van der Waals surface area (Å²) in [6.45, 7) is 0. The summed E-state index contributed by atoms with van der Waals surface area (Å²) in [6.07, 6.45) is -1.01. The maximum Gasteiger partial charge on any atom is 0.426 e. The molecule has 0 bridgehead atoms. The van der Waals surface area contributed by atoms with Crippen LogP contribution in [0, 0.1) is 0 Å². The highest BCUT2D eigenvalue weighted by Crippen LogP contribution is 2.59. The van der Waals surface area contributed by atoms with Crippen LogP contribution in [0.4, 0.5) is 39.5 Å². The minimum absolute atomic E-state index is 0.0261. The summed E-state index contributed by atoms with van der Waals surface area (Å²) in [5, 5.41) is 0. The molecular weight excluding hydrogens is 307 g/mol. The molecule has 0 aromatic rings. The van der Waals surface area contributed by atoms with Crippen LogP contribution in [0.25, 0.3) is 0 Å². The van der Waals surface area contributed by atoms with Gasteiger partial charge in [-0.15, -0.1) is 0 Å². The average molecular weight is 318 g/mol. The first-order valence-electron chi connectivity index (χ1n) is 5.56. The molecule has 114 valence electrons. The standard InChI is InChI=1S/C9H11F9Si/c10-7(11,12)19(8(13,14)15,9(16,17)18)6-4-2-1-3-5-6/h6H,1-5H2. The second-order valence-electron chi connectivity index (χ2n) is 4.64. The zero-order valence-corrected chi connectivity index (χ0v) is 10.5. The fraction of sp³-hybridized carbons (Fsp3) is 1.00. The van der Waals surface area contributed by atoms with Crippen LogP contribution in [-0.4, -0.2) is 25.5 Å². The lowest BCUT2D eigenvalue weighted by molar-refractivity contribution is -0.167. The fourth-order valence-electron chi connectivity index (χ4n) is 2.71. The summed E-state index contributed by atoms with van der Waals surface area (Å²) >= 11 is 0. The third kappa shape index (κ3) is 2.59. The predicted octanol–water partition coefficient (Wildman–Crippen LogP) is 5.07. The summed E-state index contributed by atoms with van der Waals surface area (Å²) in [5.41, 5.74) is -2.36. The summed E-state index contributed by atoms with van der Waals surface area (Å²) in [6, 6.07) is 0. The lowest BCUT2D eigenvalue weighted by atomic mass is 10.0. The number of alkyl halides is 9. The number of hydrogen-bond acceptors (Lipinski definition) is 0. The van der Waals surface area contributed by atoms with Crippen LogP contribution in [0.1, 0.15) is 32.1 Å². The molecular formula is C9H11F9Si. The van der Waals surface area contributed by atoms with Crippen molar-refractivity contribution in [2.24, 2.45) is 0 Å². The van der Waals surface area contributed by atoms with Gasteiger partial charge in [0.2, 0.25) is 0 Å². The highest BCUT2D eigenvalue weighted by atomic mass is 28.3. The second kappa shape index (κ2) is 4.85. The topological polar surface area (TPSA) is 0 Å². The number of halogens is 9. The third-order valence-electron chi connectivity index (χ3n) is 3.56. The van der Waals surface area contributed by atoms with Crippen LogP contribution in [0.15, 0.2) is 0 Å². The van der Waals surface area contributed by atoms with Crippen LogP contribution < -0.4 is 0 Å². The van der Waals surface area contributed by atoms with Gasteiger partial charge >= 0.3 is 25.5 Å². The Morgan fingerprint density at radius 1 is 0.579 bits per heavy atom. The van der Waals surface area contributed by atoms with Gasteiger partial charge in [0, 0.05) is 0 Å². The summed E-state index contributed by atoms with van der Waals surface area (Å²) < 4.78 is 115. The molecule has 0 amide bonds. The molecule has 0 heterocycles. The summed E-state index contributed by atoms with van der Waals surface area (Å²) in [5.74, 6) is -18.8. The smallest absolute Gasteiger partial charge is 0.176 e. The Morgan fingerprint density at radius 2 is 0.895 bits per heavy atom. The monoisotopic (exact) mass is 318 g/mol. The van der Waals surface area contributed by atoms with Gasteiger partial charge in [0.25, 0.3) is 0 Å². The third-order valence-corrected chi connectivity index (χ3v) is 8.04. The van der Waals surface area contributed by atoms with Gasteiger partial charge in [-0.05, 0) is 5.54 Å². The minimum atomic E-state index is -7.50. The molecule has 0 unspecified atom stereocenters. The maximum absolute atomic E-state index is 12.8. The first-order chi connectivity index (χ1) is 8.36. The molecule has 1 aliphatic rings. The quantitative estimate of drug-likeness (QED) is 0.467. The molecule has 0 nitrogen and oxygen atoms in total. The normalized spacial score (nSPS) is 20.7. The van der Waals surface area contributed by atoms with Crippen LogP contribution in [0.2, 0.25) is 5.54 Å². The second-order valence-corrected chi connectivity index (χ2v) is 8.77. The first-order valence-corrected chi connectivity index (χ1v) is 7.63. The van der Waals surface area contributed by atoms with Crippen molar-refractivity contribution in [1.29, 1.82) is 0 Å². The molecule has 1 fully saturated rings. The zero-order valence-electron chi connectivity index (χ0n) is 9.51. The highest BCUT2D eigenvalue weighted by molar-refractivity contribution is 6.86. The lowest BCUT2D eigenvalue weighted by Crippen LogP contribution is -2.74. The average Bonchev–Trinajstić information content (AvgIpc) is 2.12. The van der Waals surface area contributed by atoms with Gasteiger partial charge in [-0.2, -0.15) is 39.5 Å². The van der Waals surface area contributed by atoms with Crippen molar-refractivity contribution in [2.75, 3.05) is 0 Å². The van der Waals surface area contributed by atoms with E-state index in [1.165, 1.54) is 0 Å². The molecule has 0 radical (unpaired) electrons. The van der Waals surface area contributed by atoms with E-state index in [1.54, 1.807) is 0 Å². The van der Waals surface area contributed by atoms with Gasteiger partial charge in [0.05, 0.1) is 0 Å². The Balaban J connectivity index is 3.44. The van der Waals surface area contributed by atoms with E-state index >= 15 is 0 Å². The predicted molar refractivity (Wildman–Crippen MR) is 50.8 cm³/mol. The summed E-state index contributed by atoms with van der Waals surface area (Å²) in [4.78, 5) is 0. The molecule has 0 N–H and O–H groups in total. The Kier molecular flexibility index (Phi) is 4.25. The van der Waals surface area contributed by atoms with E-state index in [9.17, 15) is 39.5 Å². The Morgan fingerprint density at radius 3 is 1.16 bits per heavy atom. The molecule has 0 spiro atoms. The molecule has 1 rings (SSSR count). The van der Waals surface area contributed by atoms with Gasteiger partial charge in [0.15, 0.2) is 0 Å². The van der Waals surface area contributed by atoms with Crippen LogP contribution in [0.3, 0.4) is 0 Å². The van der Waals surface area contributed by atoms with Crippen molar-refractivity contribution < 1.29 is 39.5 Å². The van der Waals surface area contributed by atoms with Crippen molar-refractivity contribution in [3.05, 3.63) is 0 Å². The van der Waals surface area contributed by atoms with Crippen molar-refractivity contribution in [3.63, 3.8) is 0 Å². The molecule has 0 aliphatic heterocycles. The SMILES string of the molecule is FC(F)(F)[Si](C1CCCCC1)(C(F)(F)F)C(F)(F)F. The van der Waals surface area contributed by atoms with Gasteiger partial charge in [-0.3, -0.25) is 0 Å². The largest absolute Gasteiger partial charge is 0.426 e. The van der Waals surface area contributed by atoms with Crippen LogP contribution in [0.5, 0.6) is 0 Å². The van der Waals surface area contributed by atoms with Crippen molar-refractivity contribution in [3.8, 4) is 0 Å². The summed E-state index contributed by atoms with van der Waals surface area (Å²) in [7, 11) is -7.50. The Hall–Kier alpha value is -0.413. The van der Waals surface area contributed by atoms with Crippen molar-refractivity contribution in [2.45, 2.75) is 55.0 Å². The Labute approximate surface area is 104 Å². The van der Waals surface area contributed by atoms with E-state index in [4.69, 9.17) is 0 Å². The molecule has 0 saturated heterocycles. The minimum Gasteiger partial charge on any atom is -0.176 e. The highest BCUT2D eigenvalue weighted by Gasteiger charge is 2.89. The molecule has 10 heteroatoms. The van der Waals surface area contributed by atoms with Crippen LogP contribution >= 0.6 is 0 Å². The zero-order chi connectivity index (χ0) is 15.1. The molecule has 1 saturated carbocycles. The molecule has 1 aliphatic carbocycles. The van der Waals surface area contributed by atoms with Crippen molar-refractivity contribution >= 4 is 8.07 Å². The molecule has 0 aromatic heterocycles. The van der Waals surface area contributed by atoms with Gasteiger partial charge in [-0.25, -0.2) is 0 Å². The maximum atomic E-state index is 12.8. The lowest BCUT2D eigenvalue weighted by Gasteiger charge is -2.42. The van der Waals surface area contributed by atoms with E-state index in [0.29, 0.717) is 6.42 Å². The fourth-order valence-corrected chi connectivity index (χ4v) is 6.34. The number of hydrogen-bond donors (Lipinski definition) is 0. The molecule has 19 heavy (non-hydrogen) atoms. The number of rotatable bonds is 1. The van der Waals surface area contributed by atoms with E-state index < -0.39 is 43.9 Å². The first kappa shape index (κ1) is 16.6. The molecule has 0 atom stereocenters. The van der Waals surface area contributed by atoms with Gasteiger partial charge in [0.1, 0.15) is 0 Å². The van der Waals surface area contributed by atoms with Crippen LogP contribution in [-0.2, 0) is 0 Å². The molecule has 0 aromatic carbocycles. The van der Waals surface area contributed by atoms with Gasteiger partial charge < -0.3 is 0 Å². The van der Waals surface area contributed by atoms with E-state index in [2.05, 4.69) is 0 Å².